The van der Waals surface area contributed by atoms with Gasteiger partial charge in [0.1, 0.15) is 11.6 Å². The molecule has 174 valence electrons. The quantitative estimate of drug-likeness (QED) is 0.430. The molecule has 1 aliphatic carbocycles. The number of rotatable bonds is 8. The first-order valence-corrected chi connectivity index (χ1v) is 11.3. The van der Waals surface area contributed by atoms with Crippen LogP contribution >= 0.6 is 0 Å². The highest BCUT2D eigenvalue weighted by atomic mass is 19.1. The third-order valence-electron chi connectivity index (χ3n) is 6.24. The van der Waals surface area contributed by atoms with Gasteiger partial charge >= 0.3 is 0 Å². The zero-order valence-corrected chi connectivity index (χ0v) is 18.7. The van der Waals surface area contributed by atoms with E-state index in [0.717, 1.165) is 38.8 Å². The van der Waals surface area contributed by atoms with Crippen LogP contribution in [0, 0.1) is 11.6 Å². The Morgan fingerprint density at radius 2 is 1.84 bits per heavy atom. The van der Waals surface area contributed by atoms with Gasteiger partial charge in [-0.05, 0) is 38.8 Å². The Bertz CT molecular complexity index is 725. The van der Waals surface area contributed by atoms with Crippen molar-refractivity contribution >= 4 is 5.96 Å². The highest BCUT2D eigenvalue weighted by molar-refractivity contribution is 5.80. The summed E-state index contributed by atoms with van der Waals surface area (Å²) in [6, 6.07) is 4.08. The van der Waals surface area contributed by atoms with Crippen molar-refractivity contribution in [1.29, 1.82) is 0 Å². The highest BCUT2D eigenvalue weighted by Crippen LogP contribution is 2.42. The second kappa shape index (κ2) is 10.7. The Morgan fingerprint density at radius 3 is 2.45 bits per heavy atom. The second-order valence-corrected chi connectivity index (χ2v) is 9.02. The first-order valence-electron chi connectivity index (χ1n) is 11.3. The number of β-amino-alcohol motifs (C(OH)–C–C–N with tert-alkyl or cyclic N) is 1. The molecule has 1 aromatic carbocycles. The number of guanidine groups is 1. The van der Waals surface area contributed by atoms with Crippen molar-refractivity contribution in [3.8, 4) is 0 Å². The molecule has 0 aromatic heterocycles. The van der Waals surface area contributed by atoms with Gasteiger partial charge < -0.3 is 20.5 Å². The Kier molecular flexibility index (Phi) is 8.24. The van der Waals surface area contributed by atoms with Gasteiger partial charge in [0.15, 0.2) is 5.96 Å². The van der Waals surface area contributed by atoms with Crippen LogP contribution in [-0.4, -0.2) is 74.0 Å². The van der Waals surface area contributed by atoms with Crippen molar-refractivity contribution in [2.75, 3.05) is 52.5 Å². The van der Waals surface area contributed by atoms with E-state index in [0.29, 0.717) is 38.8 Å². The fourth-order valence-corrected chi connectivity index (χ4v) is 4.71. The molecule has 0 bridgehead atoms. The minimum Gasteiger partial charge on any atom is -0.387 e. The summed E-state index contributed by atoms with van der Waals surface area (Å²) in [6.07, 6.45) is 3.34. The Morgan fingerprint density at radius 1 is 1.19 bits per heavy atom. The lowest BCUT2D eigenvalue weighted by molar-refractivity contribution is -0.0180. The molecule has 0 amide bonds. The number of aliphatic imine (C=N–C) groups is 1. The van der Waals surface area contributed by atoms with Gasteiger partial charge in [-0.15, -0.1) is 0 Å². The van der Waals surface area contributed by atoms with Crippen LogP contribution < -0.4 is 10.6 Å². The van der Waals surface area contributed by atoms with Crippen molar-refractivity contribution in [3.63, 3.8) is 0 Å². The molecule has 0 spiro atoms. The van der Waals surface area contributed by atoms with Crippen molar-refractivity contribution in [2.45, 2.75) is 50.5 Å². The number of benzene rings is 1. The number of halogens is 2. The van der Waals surface area contributed by atoms with Gasteiger partial charge in [-0.1, -0.05) is 18.9 Å². The van der Waals surface area contributed by atoms with E-state index in [1.54, 1.807) is 6.92 Å². The fourth-order valence-electron chi connectivity index (χ4n) is 4.71. The molecule has 1 aromatic rings. The van der Waals surface area contributed by atoms with E-state index in [1.807, 2.05) is 6.92 Å². The summed E-state index contributed by atoms with van der Waals surface area (Å²) in [7, 11) is 0. The van der Waals surface area contributed by atoms with Crippen LogP contribution in [0.2, 0.25) is 0 Å². The van der Waals surface area contributed by atoms with Crippen molar-refractivity contribution in [2.24, 2.45) is 4.99 Å². The molecule has 1 aliphatic heterocycles. The Balaban J connectivity index is 1.68. The van der Waals surface area contributed by atoms with E-state index in [1.165, 1.54) is 18.2 Å². The molecule has 1 saturated heterocycles. The summed E-state index contributed by atoms with van der Waals surface area (Å²) < 4.78 is 34.5. The van der Waals surface area contributed by atoms with Crippen LogP contribution in [0.15, 0.2) is 23.2 Å². The lowest BCUT2D eigenvalue weighted by Crippen LogP contribution is -2.49. The molecular weight excluding hydrogens is 402 g/mol. The molecule has 2 fully saturated rings. The molecular formula is C23H36F2N4O2. The zero-order chi connectivity index (χ0) is 22.3. The third kappa shape index (κ3) is 6.37. The summed E-state index contributed by atoms with van der Waals surface area (Å²) in [5, 5.41) is 17.3. The largest absolute Gasteiger partial charge is 0.387 e. The van der Waals surface area contributed by atoms with E-state index in [-0.39, 0.29) is 12.1 Å². The van der Waals surface area contributed by atoms with Gasteiger partial charge in [0, 0.05) is 43.7 Å². The fraction of sp³-hybridized carbons (Fsp3) is 0.696. The van der Waals surface area contributed by atoms with E-state index in [2.05, 4.69) is 20.5 Å². The van der Waals surface area contributed by atoms with Crippen LogP contribution in [0.5, 0.6) is 0 Å². The number of morpholine rings is 1. The maximum Gasteiger partial charge on any atom is 0.191 e. The average Bonchev–Trinajstić information content (AvgIpc) is 3.20. The molecule has 31 heavy (non-hydrogen) atoms. The number of ether oxygens (including phenoxy) is 1. The van der Waals surface area contributed by atoms with Crippen molar-refractivity contribution < 1.29 is 18.6 Å². The molecule has 1 saturated carbocycles. The average molecular weight is 439 g/mol. The molecule has 3 rings (SSSR count). The van der Waals surface area contributed by atoms with E-state index in [9.17, 15) is 13.9 Å². The van der Waals surface area contributed by atoms with Gasteiger partial charge in [-0.25, -0.2) is 8.78 Å². The predicted molar refractivity (Wildman–Crippen MR) is 118 cm³/mol. The summed E-state index contributed by atoms with van der Waals surface area (Å²) in [5.41, 5.74) is -1.40. The number of hydrogen-bond acceptors (Lipinski definition) is 4. The van der Waals surface area contributed by atoms with Gasteiger partial charge in [-0.2, -0.15) is 0 Å². The lowest BCUT2D eigenvalue weighted by atomic mass is 9.78. The molecule has 1 heterocycles. The number of hydrogen-bond donors (Lipinski definition) is 3. The summed E-state index contributed by atoms with van der Waals surface area (Å²) in [5.74, 6) is -0.425. The maximum atomic E-state index is 14.6. The van der Waals surface area contributed by atoms with Gasteiger partial charge in [0.2, 0.25) is 0 Å². The summed E-state index contributed by atoms with van der Waals surface area (Å²) >= 11 is 0. The SMILES string of the molecule is CCNC(=NCC(C)(O)CN1CCOCC1)NCC1(c2c(F)cccc2F)CCCC1. The maximum absolute atomic E-state index is 14.6. The third-order valence-corrected chi connectivity index (χ3v) is 6.24. The van der Waals surface area contributed by atoms with Crippen LogP contribution in [-0.2, 0) is 10.2 Å². The minimum atomic E-state index is -0.984. The van der Waals surface area contributed by atoms with Gasteiger partial charge in [0.05, 0.1) is 25.4 Å². The standard InChI is InChI=1S/C23H36F2N4O2/c1-3-26-21(27-15-22(2,30)17-29-11-13-31-14-12-29)28-16-23(9-4-5-10-23)20-18(24)7-6-8-19(20)25/h6-8,30H,3-5,9-17H2,1-2H3,(H2,26,27,28). The number of aliphatic hydroxyl groups is 1. The van der Waals surface area contributed by atoms with Crippen LogP contribution in [0.1, 0.15) is 45.1 Å². The monoisotopic (exact) mass is 438 g/mol. The first kappa shape index (κ1) is 23.9. The second-order valence-electron chi connectivity index (χ2n) is 9.02. The molecule has 1 unspecified atom stereocenters. The predicted octanol–water partition coefficient (Wildman–Crippen LogP) is 2.41. The van der Waals surface area contributed by atoms with E-state index in [4.69, 9.17) is 4.74 Å². The lowest BCUT2D eigenvalue weighted by Gasteiger charge is -2.33. The van der Waals surface area contributed by atoms with Crippen molar-refractivity contribution in [1.82, 2.24) is 15.5 Å². The molecule has 0 radical (unpaired) electrons. The van der Waals surface area contributed by atoms with Gasteiger partial charge in [-0.3, -0.25) is 9.89 Å². The zero-order valence-electron chi connectivity index (χ0n) is 18.7. The molecule has 1 atom stereocenters. The van der Waals surface area contributed by atoms with Crippen molar-refractivity contribution in [3.05, 3.63) is 35.4 Å². The number of nitrogens with one attached hydrogen (secondary N) is 2. The topological polar surface area (TPSA) is 69.1 Å². The smallest absolute Gasteiger partial charge is 0.191 e. The van der Waals surface area contributed by atoms with Crippen LogP contribution in [0.4, 0.5) is 8.78 Å². The normalized spacial score (nSPS) is 21.6. The van der Waals surface area contributed by atoms with Crippen LogP contribution in [0.3, 0.4) is 0 Å². The minimum absolute atomic E-state index is 0.176. The van der Waals surface area contributed by atoms with E-state index < -0.39 is 22.7 Å². The van der Waals surface area contributed by atoms with Crippen LogP contribution in [0.25, 0.3) is 0 Å². The highest BCUT2D eigenvalue weighted by Gasteiger charge is 2.40. The first-order chi connectivity index (χ1) is 14.9. The van der Waals surface area contributed by atoms with E-state index >= 15 is 0 Å². The molecule has 3 N–H and O–H groups in total. The van der Waals surface area contributed by atoms with Gasteiger partial charge in [0.25, 0.3) is 0 Å². The Hall–Kier alpha value is -1.77. The summed E-state index contributed by atoms with van der Waals surface area (Å²) in [6.45, 7) is 8.49. The number of nitrogens with zero attached hydrogens (tertiary/aromatic N) is 2. The molecule has 6 nitrogen and oxygen atoms in total. The Labute approximate surface area is 184 Å². The molecule has 8 heteroatoms. The summed E-state index contributed by atoms with van der Waals surface area (Å²) in [4.78, 5) is 6.75. The molecule has 2 aliphatic rings.